The lowest BCUT2D eigenvalue weighted by Crippen LogP contribution is -2.39. The number of benzene rings is 1. The van der Waals surface area contributed by atoms with Gasteiger partial charge in [-0.3, -0.25) is 14.8 Å². The van der Waals surface area contributed by atoms with Crippen molar-refractivity contribution >= 4 is 17.5 Å². The molecule has 2 aliphatic rings. The molecular formula is C21H27ClN4O. The van der Waals surface area contributed by atoms with Crippen LogP contribution in [0.15, 0.2) is 30.5 Å². The van der Waals surface area contributed by atoms with Gasteiger partial charge < -0.3 is 5.32 Å². The average molecular weight is 387 g/mol. The van der Waals surface area contributed by atoms with Crippen LogP contribution in [-0.4, -0.2) is 46.2 Å². The van der Waals surface area contributed by atoms with Crippen LogP contribution in [0.3, 0.4) is 0 Å². The van der Waals surface area contributed by atoms with Crippen molar-refractivity contribution in [3.63, 3.8) is 0 Å². The summed E-state index contributed by atoms with van der Waals surface area (Å²) in [5, 5.41) is 10.9. The molecule has 1 unspecified atom stereocenters. The van der Waals surface area contributed by atoms with Crippen LogP contribution in [0.25, 0.3) is 11.3 Å². The van der Waals surface area contributed by atoms with E-state index < -0.39 is 0 Å². The van der Waals surface area contributed by atoms with Crippen molar-refractivity contribution in [1.82, 2.24) is 20.4 Å². The molecule has 2 heterocycles. The molecule has 1 saturated carbocycles. The van der Waals surface area contributed by atoms with Crippen molar-refractivity contribution in [2.75, 3.05) is 13.1 Å². The average Bonchev–Trinajstić information content (AvgIpc) is 3.26. The van der Waals surface area contributed by atoms with Gasteiger partial charge in [0.1, 0.15) is 0 Å². The normalized spacial score (nSPS) is 21.9. The molecule has 1 aliphatic heterocycles. The van der Waals surface area contributed by atoms with Crippen molar-refractivity contribution < 1.29 is 4.79 Å². The fourth-order valence-corrected chi connectivity index (χ4v) is 4.54. The predicted octanol–water partition coefficient (Wildman–Crippen LogP) is 4.26. The third-order valence-corrected chi connectivity index (χ3v) is 6.16. The number of hydrogen-bond donors (Lipinski definition) is 2. The number of halogens is 1. The highest BCUT2D eigenvalue weighted by molar-refractivity contribution is 6.30. The van der Waals surface area contributed by atoms with E-state index in [-0.39, 0.29) is 11.9 Å². The highest BCUT2D eigenvalue weighted by atomic mass is 35.5. The molecule has 27 heavy (non-hydrogen) atoms. The molecule has 144 valence electrons. The highest BCUT2D eigenvalue weighted by Gasteiger charge is 2.30. The lowest BCUT2D eigenvalue weighted by atomic mass is 10.1. The minimum Gasteiger partial charge on any atom is -0.348 e. The molecule has 1 atom stereocenters. The largest absolute Gasteiger partial charge is 0.348 e. The van der Waals surface area contributed by atoms with E-state index in [2.05, 4.69) is 20.4 Å². The molecule has 2 aromatic rings. The van der Waals surface area contributed by atoms with E-state index in [4.69, 9.17) is 11.6 Å². The zero-order valence-electron chi connectivity index (χ0n) is 15.6. The van der Waals surface area contributed by atoms with Crippen molar-refractivity contribution in [2.24, 2.45) is 0 Å². The van der Waals surface area contributed by atoms with E-state index in [1.807, 2.05) is 24.3 Å². The number of H-pyrrole nitrogens is 1. The summed E-state index contributed by atoms with van der Waals surface area (Å²) in [5.41, 5.74) is 2.24. The van der Waals surface area contributed by atoms with Gasteiger partial charge >= 0.3 is 0 Å². The maximum Gasteiger partial charge on any atom is 0.255 e. The smallest absolute Gasteiger partial charge is 0.255 e. The molecule has 1 aromatic heterocycles. The highest BCUT2D eigenvalue weighted by Crippen LogP contribution is 2.26. The number of rotatable bonds is 4. The number of carbonyl (C=O) groups is 1. The standard InChI is InChI=1S/C21H27ClN4O/c22-16-9-7-15(8-10-16)20-19(13-23-25-20)21(27)24-17-11-12-26(14-17)18-5-3-1-2-4-6-18/h7-10,13,17-18H,1-6,11-12,14H2,(H,23,25)(H,24,27). The summed E-state index contributed by atoms with van der Waals surface area (Å²) in [5.74, 6) is -0.0542. The van der Waals surface area contributed by atoms with Gasteiger partial charge in [-0.25, -0.2) is 0 Å². The third kappa shape index (κ3) is 4.36. The second-order valence-corrected chi connectivity index (χ2v) is 8.20. The van der Waals surface area contributed by atoms with Crippen LogP contribution >= 0.6 is 11.6 Å². The van der Waals surface area contributed by atoms with Gasteiger partial charge in [0.25, 0.3) is 5.91 Å². The van der Waals surface area contributed by atoms with Crippen molar-refractivity contribution in [1.29, 1.82) is 0 Å². The Hall–Kier alpha value is -1.85. The second-order valence-electron chi connectivity index (χ2n) is 7.76. The summed E-state index contributed by atoms with van der Waals surface area (Å²) in [7, 11) is 0. The number of aromatic nitrogens is 2. The monoisotopic (exact) mass is 386 g/mol. The first kappa shape index (κ1) is 18.5. The molecule has 1 amide bonds. The van der Waals surface area contributed by atoms with Gasteiger partial charge in [0.2, 0.25) is 0 Å². The molecular weight excluding hydrogens is 360 g/mol. The Morgan fingerprint density at radius 1 is 1.11 bits per heavy atom. The van der Waals surface area contributed by atoms with Crippen LogP contribution < -0.4 is 5.32 Å². The van der Waals surface area contributed by atoms with E-state index >= 15 is 0 Å². The van der Waals surface area contributed by atoms with Gasteiger partial charge in [0.05, 0.1) is 17.5 Å². The molecule has 4 rings (SSSR count). The topological polar surface area (TPSA) is 61.0 Å². The van der Waals surface area contributed by atoms with Crippen LogP contribution in [0, 0.1) is 0 Å². The van der Waals surface area contributed by atoms with Gasteiger partial charge in [-0.2, -0.15) is 5.10 Å². The Kier molecular flexibility index (Phi) is 5.79. The molecule has 2 N–H and O–H groups in total. The minimum absolute atomic E-state index is 0.0542. The van der Waals surface area contributed by atoms with Crippen LogP contribution in [-0.2, 0) is 0 Å². The quantitative estimate of drug-likeness (QED) is 0.772. The zero-order valence-corrected chi connectivity index (χ0v) is 16.3. The van der Waals surface area contributed by atoms with E-state index in [9.17, 15) is 4.79 Å². The number of amides is 1. The maximum atomic E-state index is 12.8. The summed E-state index contributed by atoms with van der Waals surface area (Å²) >= 11 is 5.97. The van der Waals surface area contributed by atoms with Gasteiger partial charge in [0.15, 0.2) is 0 Å². The lowest BCUT2D eigenvalue weighted by Gasteiger charge is -2.26. The molecule has 0 bridgehead atoms. The fraction of sp³-hybridized carbons (Fsp3) is 0.524. The van der Waals surface area contributed by atoms with Crippen LogP contribution in [0.5, 0.6) is 0 Å². The van der Waals surface area contributed by atoms with Crippen molar-refractivity contribution in [2.45, 2.75) is 57.0 Å². The molecule has 1 aromatic carbocycles. The maximum absolute atomic E-state index is 12.8. The summed E-state index contributed by atoms with van der Waals surface area (Å²) in [6, 6.07) is 8.36. The number of nitrogens with zero attached hydrogens (tertiary/aromatic N) is 2. The Bertz CT molecular complexity index is 765. The van der Waals surface area contributed by atoms with E-state index in [0.29, 0.717) is 16.6 Å². The molecule has 1 aliphatic carbocycles. The summed E-state index contributed by atoms with van der Waals surface area (Å²) in [4.78, 5) is 15.4. The molecule has 0 spiro atoms. The lowest BCUT2D eigenvalue weighted by molar-refractivity contribution is 0.0936. The molecule has 5 nitrogen and oxygen atoms in total. The number of carbonyl (C=O) groups excluding carboxylic acids is 1. The molecule has 6 heteroatoms. The van der Waals surface area contributed by atoms with Gasteiger partial charge in [-0.05, 0) is 31.4 Å². The Labute approximate surface area is 165 Å². The number of likely N-dealkylation sites (tertiary alicyclic amines) is 1. The fourth-order valence-electron chi connectivity index (χ4n) is 4.42. The first-order valence-electron chi connectivity index (χ1n) is 10.0. The van der Waals surface area contributed by atoms with Crippen LogP contribution in [0.4, 0.5) is 0 Å². The number of aromatic amines is 1. The summed E-state index contributed by atoms with van der Waals surface area (Å²) in [6.45, 7) is 2.05. The van der Waals surface area contributed by atoms with Crippen molar-refractivity contribution in [3.8, 4) is 11.3 Å². The van der Waals surface area contributed by atoms with Gasteiger partial charge in [-0.15, -0.1) is 0 Å². The van der Waals surface area contributed by atoms with Crippen LogP contribution in [0.1, 0.15) is 55.3 Å². The SMILES string of the molecule is O=C(NC1CCN(C2CCCCCC2)C1)c1cn[nH]c1-c1ccc(Cl)cc1. The molecule has 1 saturated heterocycles. The van der Waals surface area contributed by atoms with E-state index in [1.165, 1.54) is 38.5 Å². The minimum atomic E-state index is -0.0542. The first-order valence-corrected chi connectivity index (χ1v) is 10.4. The molecule has 2 fully saturated rings. The predicted molar refractivity (Wildman–Crippen MR) is 108 cm³/mol. The van der Waals surface area contributed by atoms with Gasteiger partial charge in [-0.1, -0.05) is 49.4 Å². The Balaban J connectivity index is 1.39. The van der Waals surface area contributed by atoms with E-state index in [0.717, 1.165) is 30.8 Å². The Morgan fingerprint density at radius 2 is 1.85 bits per heavy atom. The summed E-state index contributed by atoms with van der Waals surface area (Å²) < 4.78 is 0. The summed E-state index contributed by atoms with van der Waals surface area (Å²) in [6.07, 6.45) is 10.7. The van der Waals surface area contributed by atoms with Crippen LogP contribution in [0.2, 0.25) is 5.02 Å². The number of hydrogen-bond acceptors (Lipinski definition) is 3. The Morgan fingerprint density at radius 3 is 2.59 bits per heavy atom. The zero-order chi connectivity index (χ0) is 18.6. The number of nitrogens with one attached hydrogen (secondary N) is 2. The van der Waals surface area contributed by atoms with Gasteiger partial charge in [0, 0.05) is 35.8 Å². The van der Waals surface area contributed by atoms with E-state index in [1.54, 1.807) is 6.20 Å². The third-order valence-electron chi connectivity index (χ3n) is 5.91. The molecule has 0 radical (unpaired) electrons. The van der Waals surface area contributed by atoms with Crippen molar-refractivity contribution in [3.05, 3.63) is 41.0 Å². The first-order chi connectivity index (χ1) is 13.2. The second kappa shape index (κ2) is 8.44.